The van der Waals surface area contributed by atoms with Crippen molar-refractivity contribution in [1.29, 1.82) is 0 Å². The van der Waals surface area contributed by atoms with Crippen molar-refractivity contribution in [2.45, 2.75) is 19.3 Å². The molecule has 1 unspecified atom stereocenters. The van der Waals surface area contributed by atoms with E-state index in [0.29, 0.717) is 5.92 Å². The third-order valence-corrected chi connectivity index (χ3v) is 6.15. The highest BCUT2D eigenvalue weighted by atomic mass is 14.2. The summed E-state index contributed by atoms with van der Waals surface area (Å²) >= 11 is 0. The largest absolute Gasteiger partial charge is 0.0761 e. The predicted octanol–water partition coefficient (Wildman–Crippen LogP) is 8.46. The zero-order chi connectivity index (χ0) is 21.0. The molecule has 4 aromatic rings. The molecule has 31 heavy (non-hydrogen) atoms. The summed E-state index contributed by atoms with van der Waals surface area (Å²) in [6.45, 7) is 2.14. The second-order valence-electron chi connectivity index (χ2n) is 8.29. The van der Waals surface area contributed by atoms with Gasteiger partial charge in [0.15, 0.2) is 0 Å². The average Bonchev–Trinajstić information content (AvgIpc) is 2.85. The van der Waals surface area contributed by atoms with Gasteiger partial charge < -0.3 is 0 Å². The van der Waals surface area contributed by atoms with Gasteiger partial charge in [-0.05, 0) is 52.3 Å². The van der Waals surface area contributed by atoms with Crippen LogP contribution in [0.25, 0.3) is 27.8 Å². The van der Waals surface area contributed by atoms with Crippen molar-refractivity contribution < 1.29 is 0 Å². The Kier molecular flexibility index (Phi) is 5.37. The molecule has 0 fully saturated rings. The summed E-state index contributed by atoms with van der Waals surface area (Å²) in [4.78, 5) is 0. The minimum atomic E-state index is 0.478. The van der Waals surface area contributed by atoms with Crippen LogP contribution in [0.4, 0.5) is 0 Å². The molecule has 150 valence electrons. The Morgan fingerprint density at radius 1 is 0.548 bits per heavy atom. The van der Waals surface area contributed by atoms with Crippen molar-refractivity contribution in [3.63, 3.8) is 0 Å². The van der Waals surface area contributed by atoms with Crippen LogP contribution in [0, 0.1) is 6.92 Å². The second-order valence-corrected chi connectivity index (χ2v) is 8.29. The molecular formula is C31H26. The number of hydrogen-bond donors (Lipinski definition) is 0. The van der Waals surface area contributed by atoms with E-state index in [4.69, 9.17) is 0 Å². The molecule has 0 nitrogen and oxygen atoms in total. The molecule has 1 aliphatic carbocycles. The molecule has 1 atom stereocenters. The molecule has 0 heterocycles. The lowest BCUT2D eigenvalue weighted by Gasteiger charge is -2.17. The lowest BCUT2D eigenvalue weighted by molar-refractivity contribution is 0.856. The van der Waals surface area contributed by atoms with Gasteiger partial charge in [0.05, 0.1) is 0 Å². The lowest BCUT2D eigenvalue weighted by atomic mass is 9.87. The lowest BCUT2D eigenvalue weighted by Crippen LogP contribution is -1.98. The minimum Gasteiger partial charge on any atom is -0.0761 e. The third-order valence-electron chi connectivity index (χ3n) is 6.15. The summed E-state index contributed by atoms with van der Waals surface area (Å²) in [6, 6.07) is 37.2. The van der Waals surface area contributed by atoms with Crippen LogP contribution in [0.2, 0.25) is 0 Å². The van der Waals surface area contributed by atoms with Gasteiger partial charge in [-0.1, -0.05) is 127 Å². The number of allylic oxidation sites excluding steroid dienone is 4. The SMILES string of the molecule is Cc1ccc(C2C=CC(c3ccc(-c4ccc(-c5ccccc5)cc4)cc3)=CC2)cc1. The van der Waals surface area contributed by atoms with E-state index in [-0.39, 0.29) is 0 Å². The van der Waals surface area contributed by atoms with E-state index in [9.17, 15) is 0 Å². The molecule has 4 aromatic carbocycles. The van der Waals surface area contributed by atoms with Gasteiger partial charge in [0.2, 0.25) is 0 Å². The predicted molar refractivity (Wildman–Crippen MR) is 133 cm³/mol. The average molecular weight is 399 g/mol. The fourth-order valence-corrected chi connectivity index (χ4v) is 4.24. The Morgan fingerprint density at radius 2 is 1.06 bits per heavy atom. The van der Waals surface area contributed by atoms with Crippen molar-refractivity contribution in [2.24, 2.45) is 0 Å². The Morgan fingerprint density at radius 3 is 1.58 bits per heavy atom. The molecule has 1 aliphatic rings. The van der Waals surface area contributed by atoms with E-state index in [0.717, 1.165) is 6.42 Å². The molecule has 0 N–H and O–H groups in total. The standard InChI is InChI=1S/C31H26/c1-23-7-9-25(10-8-23)27-15-17-29(18-16-27)31-21-19-30(20-22-31)28-13-11-26(12-14-28)24-5-3-2-4-6-24/h2-15,17-22,27H,16H2,1H3. The van der Waals surface area contributed by atoms with Gasteiger partial charge in [0, 0.05) is 5.92 Å². The van der Waals surface area contributed by atoms with Crippen molar-refractivity contribution in [1.82, 2.24) is 0 Å². The summed E-state index contributed by atoms with van der Waals surface area (Å²) in [7, 11) is 0. The van der Waals surface area contributed by atoms with E-state index in [1.54, 1.807) is 0 Å². The summed E-state index contributed by atoms with van der Waals surface area (Å²) in [5, 5.41) is 0. The van der Waals surface area contributed by atoms with E-state index < -0.39 is 0 Å². The van der Waals surface area contributed by atoms with Crippen molar-refractivity contribution in [2.75, 3.05) is 0 Å². The smallest absolute Gasteiger partial charge is 0.00561 e. The molecule has 0 heteroatoms. The number of rotatable bonds is 4. The monoisotopic (exact) mass is 398 g/mol. The second kappa shape index (κ2) is 8.62. The van der Waals surface area contributed by atoms with E-state index in [1.165, 1.54) is 44.5 Å². The summed E-state index contributed by atoms with van der Waals surface area (Å²) < 4.78 is 0. The summed E-state index contributed by atoms with van der Waals surface area (Å²) in [6.07, 6.45) is 8.04. The molecule has 0 aromatic heterocycles. The van der Waals surface area contributed by atoms with Crippen LogP contribution in [0.3, 0.4) is 0 Å². The third kappa shape index (κ3) is 4.29. The molecule has 5 rings (SSSR count). The molecule has 0 saturated carbocycles. The van der Waals surface area contributed by atoms with Crippen molar-refractivity contribution in [3.05, 3.63) is 138 Å². The first-order valence-corrected chi connectivity index (χ1v) is 11.0. The van der Waals surface area contributed by atoms with Crippen molar-refractivity contribution in [3.8, 4) is 22.3 Å². The maximum Gasteiger partial charge on any atom is 0.00561 e. The van der Waals surface area contributed by atoms with Crippen LogP contribution in [-0.4, -0.2) is 0 Å². The first-order valence-electron chi connectivity index (χ1n) is 11.0. The van der Waals surface area contributed by atoms with Crippen LogP contribution in [-0.2, 0) is 0 Å². The van der Waals surface area contributed by atoms with E-state index in [2.05, 4.69) is 128 Å². The van der Waals surface area contributed by atoms with Crippen LogP contribution < -0.4 is 0 Å². The zero-order valence-corrected chi connectivity index (χ0v) is 17.8. The Balaban J connectivity index is 1.29. The molecular weight excluding hydrogens is 372 g/mol. The molecule has 0 radical (unpaired) electrons. The van der Waals surface area contributed by atoms with Gasteiger partial charge in [-0.15, -0.1) is 0 Å². The van der Waals surface area contributed by atoms with Gasteiger partial charge in [-0.2, -0.15) is 0 Å². The van der Waals surface area contributed by atoms with Crippen molar-refractivity contribution >= 4 is 5.57 Å². The fraction of sp³-hybridized carbons (Fsp3) is 0.0968. The molecule has 0 aliphatic heterocycles. The topological polar surface area (TPSA) is 0 Å². The van der Waals surface area contributed by atoms with Gasteiger partial charge in [0.25, 0.3) is 0 Å². The number of hydrogen-bond acceptors (Lipinski definition) is 0. The summed E-state index contributed by atoms with van der Waals surface area (Å²) in [5.41, 5.74) is 10.3. The zero-order valence-electron chi connectivity index (χ0n) is 17.8. The quantitative estimate of drug-likeness (QED) is 0.323. The molecule has 0 saturated heterocycles. The summed E-state index contributed by atoms with van der Waals surface area (Å²) in [5.74, 6) is 0.478. The minimum absolute atomic E-state index is 0.478. The first-order chi connectivity index (χ1) is 15.3. The van der Waals surface area contributed by atoms with E-state index in [1.807, 2.05) is 0 Å². The normalized spacial score (nSPS) is 15.5. The highest BCUT2D eigenvalue weighted by Crippen LogP contribution is 2.32. The van der Waals surface area contributed by atoms with Gasteiger partial charge >= 0.3 is 0 Å². The number of aryl methyl sites for hydroxylation is 1. The first kappa shape index (κ1) is 19.3. The molecule has 0 amide bonds. The van der Waals surface area contributed by atoms with Gasteiger partial charge in [-0.3, -0.25) is 0 Å². The Hall–Kier alpha value is -3.64. The Bertz CT molecular complexity index is 1210. The highest BCUT2D eigenvalue weighted by Gasteiger charge is 2.12. The molecule has 0 spiro atoms. The highest BCUT2D eigenvalue weighted by molar-refractivity contribution is 5.78. The maximum absolute atomic E-state index is 2.37. The fourth-order valence-electron chi connectivity index (χ4n) is 4.24. The van der Waals surface area contributed by atoms with E-state index >= 15 is 0 Å². The van der Waals surface area contributed by atoms with Crippen LogP contribution in [0.15, 0.2) is 121 Å². The van der Waals surface area contributed by atoms with Crippen LogP contribution in [0.1, 0.15) is 29.0 Å². The maximum atomic E-state index is 2.37. The van der Waals surface area contributed by atoms with Gasteiger partial charge in [0.1, 0.15) is 0 Å². The number of benzene rings is 4. The Labute approximate surface area is 185 Å². The van der Waals surface area contributed by atoms with Crippen LogP contribution >= 0.6 is 0 Å². The molecule has 0 bridgehead atoms. The van der Waals surface area contributed by atoms with Gasteiger partial charge in [-0.25, -0.2) is 0 Å². The van der Waals surface area contributed by atoms with Crippen LogP contribution in [0.5, 0.6) is 0 Å².